The van der Waals surface area contributed by atoms with Gasteiger partial charge in [-0.25, -0.2) is 4.90 Å². The van der Waals surface area contributed by atoms with Crippen LogP contribution in [0.25, 0.3) is 0 Å². The van der Waals surface area contributed by atoms with Crippen LogP contribution in [-0.2, 0) is 14.3 Å². The third-order valence-corrected chi connectivity index (χ3v) is 3.75. The van der Waals surface area contributed by atoms with E-state index in [4.69, 9.17) is 15.2 Å². The Bertz CT molecular complexity index is 470. The van der Waals surface area contributed by atoms with Crippen LogP contribution in [0.1, 0.15) is 13.3 Å². The molecular weight excluding hydrogens is 274 g/mol. The molecule has 0 aromatic carbocycles. The molecule has 21 heavy (non-hydrogen) atoms. The molecule has 0 aromatic heterocycles. The van der Waals surface area contributed by atoms with Crippen LogP contribution in [0.4, 0.5) is 0 Å². The molecule has 2 aliphatic heterocycles. The highest BCUT2D eigenvalue weighted by Crippen LogP contribution is 2.22. The third-order valence-electron chi connectivity index (χ3n) is 3.75. The lowest BCUT2D eigenvalue weighted by atomic mass is 10.1. The number of nitrogens with one attached hydrogen (secondary N) is 2. The second kappa shape index (κ2) is 6.42. The molecule has 4 N–H and O–H groups in total. The van der Waals surface area contributed by atoms with Crippen LogP contribution in [0.15, 0.2) is 16.3 Å². The van der Waals surface area contributed by atoms with Crippen molar-refractivity contribution in [2.24, 2.45) is 10.7 Å². The first kappa shape index (κ1) is 15.7. The molecule has 0 spiro atoms. The number of hydrogen-bond donors (Lipinski definition) is 3. The molecule has 1 atom stereocenters. The van der Waals surface area contributed by atoms with E-state index in [2.05, 4.69) is 15.6 Å². The summed E-state index contributed by atoms with van der Waals surface area (Å²) in [6, 6.07) is 0. The first-order valence-corrected chi connectivity index (χ1v) is 7.02. The Hall–Kier alpha value is -1.64. The number of nitrogens with zero attached hydrogens (tertiary/aromatic N) is 2. The number of carbonyl (C=O) groups is 1. The molecule has 0 radical (unpaired) electrons. The van der Waals surface area contributed by atoms with E-state index in [1.54, 1.807) is 14.2 Å². The number of primary amides is 1. The summed E-state index contributed by atoms with van der Waals surface area (Å²) in [7, 11) is 3.24. The summed E-state index contributed by atoms with van der Waals surface area (Å²) < 4.78 is 11.0. The number of amides is 1. The molecule has 0 aromatic rings. The van der Waals surface area contributed by atoms with Gasteiger partial charge in [-0.1, -0.05) is 6.92 Å². The van der Waals surface area contributed by atoms with Gasteiger partial charge in [-0.15, -0.1) is 0 Å². The van der Waals surface area contributed by atoms with Crippen LogP contribution >= 0.6 is 0 Å². The van der Waals surface area contributed by atoms with Gasteiger partial charge in [0.15, 0.2) is 0 Å². The predicted molar refractivity (Wildman–Crippen MR) is 78.3 cm³/mol. The highest BCUT2D eigenvalue weighted by atomic mass is 16.5. The fourth-order valence-corrected chi connectivity index (χ4v) is 2.64. The summed E-state index contributed by atoms with van der Waals surface area (Å²) in [6.45, 7) is 4.48. The summed E-state index contributed by atoms with van der Waals surface area (Å²) in [5.74, 6) is -0.954. The molecule has 2 aliphatic rings. The highest BCUT2D eigenvalue weighted by molar-refractivity contribution is 6.07. The smallest absolute Gasteiger partial charge is 0.283 e. The SMILES string of the molecule is CCC1=C(C(N)=O)NC(OC)(N2CCOCC2)NC1=NC. The van der Waals surface area contributed by atoms with Crippen molar-refractivity contribution in [2.45, 2.75) is 19.3 Å². The van der Waals surface area contributed by atoms with Gasteiger partial charge in [0.1, 0.15) is 11.5 Å². The molecule has 0 saturated carbocycles. The number of nitrogens with two attached hydrogens (primary N) is 1. The van der Waals surface area contributed by atoms with Gasteiger partial charge in [0.25, 0.3) is 11.9 Å². The molecule has 1 unspecified atom stereocenters. The topological polar surface area (TPSA) is 101 Å². The molecule has 0 bridgehead atoms. The first-order chi connectivity index (χ1) is 10.1. The molecule has 1 saturated heterocycles. The Morgan fingerprint density at radius 2 is 2.14 bits per heavy atom. The number of aliphatic imine (C=N–C) groups is 1. The molecule has 2 heterocycles. The van der Waals surface area contributed by atoms with Crippen LogP contribution in [0.3, 0.4) is 0 Å². The largest absolute Gasteiger partial charge is 0.379 e. The number of carbonyl (C=O) groups excluding carboxylic acids is 1. The van der Waals surface area contributed by atoms with Crippen LogP contribution in [-0.4, -0.2) is 63.1 Å². The lowest BCUT2D eigenvalue weighted by Gasteiger charge is -2.48. The highest BCUT2D eigenvalue weighted by Gasteiger charge is 2.44. The maximum Gasteiger partial charge on any atom is 0.283 e. The van der Waals surface area contributed by atoms with E-state index in [9.17, 15) is 4.79 Å². The summed E-state index contributed by atoms with van der Waals surface area (Å²) >= 11 is 0. The molecule has 8 nitrogen and oxygen atoms in total. The van der Waals surface area contributed by atoms with Crippen LogP contribution < -0.4 is 16.4 Å². The monoisotopic (exact) mass is 297 g/mol. The van der Waals surface area contributed by atoms with Gasteiger partial charge < -0.3 is 25.8 Å². The number of ether oxygens (including phenoxy) is 2. The van der Waals surface area contributed by atoms with Crippen molar-refractivity contribution in [3.63, 3.8) is 0 Å². The normalized spacial score (nSPS) is 29.2. The van der Waals surface area contributed by atoms with Crippen molar-refractivity contribution in [1.29, 1.82) is 0 Å². The fourth-order valence-electron chi connectivity index (χ4n) is 2.64. The first-order valence-electron chi connectivity index (χ1n) is 7.02. The van der Waals surface area contributed by atoms with Crippen LogP contribution in [0, 0.1) is 0 Å². The minimum Gasteiger partial charge on any atom is -0.379 e. The van der Waals surface area contributed by atoms with Gasteiger partial charge >= 0.3 is 0 Å². The molecular formula is C13H23N5O3. The quantitative estimate of drug-likeness (QED) is 0.612. The zero-order valence-corrected chi connectivity index (χ0v) is 12.7. The zero-order chi connectivity index (χ0) is 15.5. The minimum absolute atomic E-state index is 0.338. The van der Waals surface area contributed by atoms with Crippen molar-refractivity contribution in [3.8, 4) is 0 Å². The number of morpholine rings is 1. The van der Waals surface area contributed by atoms with E-state index in [1.807, 2.05) is 11.8 Å². The summed E-state index contributed by atoms with van der Waals surface area (Å²) in [4.78, 5) is 18.0. The van der Waals surface area contributed by atoms with Gasteiger partial charge in [-0.2, -0.15) is 0 Å². The van der Waals surface area contributed by atoms with Crippen molar-refractivity contribution >= 4 is 11.7 Å². The zero-order valence-electron chi connectivity index (χ0n) is 12.7. The average Bonchev–Trinajstić information content (AvgIpc) is 2.54. The second-order valence-electron chi connectivity index (χ2n) is 4.84. The van der Waals surface area contributed by atoms with E-state index >= 15 is 0 Å². The summed E-state index contributed by atoms with van der Waals surface area (Å²) in [6.07, 6.45) is 0.633. The Labute approximate surface area is 124 Å². The average molecular weight is 297 g/mol. The van der Waals surface area contributed by atoms with Crippen LogP contribution in [0.2, 0.25) is 0 Å². The van der Waals surface area contributed by atoms with Crippen molar-refractivity contribution in [1.82, 2.24) is 15.5 Å². The Balaban J connectivity index is 2.41. The van der Waals surface area contributed by atoms with E-state index in [1.165, 1.54) is 0 Å². The molecule has 1 fully saturated rings. The summed E-state index contributed by atoms with van der Waals surface area (Å²) in [5, 5.41) is 6.36. The van der Waals surface area contributed by atoms with Gasteiger partial charge in [-0.05, 0) is 6.42 Å². The molecule has 0 aliphatic carbocycles. The van der Waals surface area contributed by atoms with Crippen LogP contribution in [0.5, 0.6) is 0 Å². The van der Waals surface area contributed by atoms with Gasteiger partial charge in [0.2, 0.25) is 0 Å². The predicted octanol–water partition coefficient (Wildman–Crippen LogP) is -1.05. The standard InChI is InChI=1S/C13H23N5O3/c1-4-9-10(11(14)19)16-13(20-3,17-12(9)15-2)18-5-7-21-8-6-18/h16H,4-8H2,1-3H3,(H2,14,19)(H,15,17). The van der Waals surface area contributed by atoms with Crippen molar-refractivity contribution < 1.29 is 14.3 Å². The molecule has 8 heteroatoms. The lowest BCUT2D eigenvalue weighted by molar-refractivity contribution is -0.189. The maximum absolute atomic E-state index is 11.8. The van der Waals surface area contributed by atoms with Crippen molar-refractivity contribution in [2.75, 3.05) is 40.5 Å². The van der Waals surface area contributed by atoms with Gasteiger partial charge in [0.05, 0.1) is 13.2 Å². The number of methoxy groups -OCH3 is 1. The Kier molecular flexibility index (Phi) is 4.81. The Morgan fingerprint density at radius 1 is 1.48 bits per heavy atom. The fraction of sp³-hybridized carbons (Fsp3) is 0.692. The van der Waals surface area contributed by atoms with Gasteiger partial charge in [-0.3, -0.25) is 9.79 Å². The van der Waals surface area contributed by atoms with E-state index in [-0.39, 0.29) is 0 Å². The Morgan fingerprint density at radius 3 is 2.62 bits per heavy atom. The number of rotatable bonds is 4. The third kappa shape index (κ3) is 2.87. The number of amidine groups is 1. The number of hydrogen-bond acceptors (Lipinski definition) is 6. The maximum atomic E-state index is 11.8. The lowest BCUT2D eigenvalue weighted by Crippen LogP contribution is -2.74. The summed E-state index contributed by atoms with van der Waals surface area (Å²) in [5.41, 5.74) is 6.61. The molecule has 2 rings (SSSR count). The van der Waals surface area contributed by atoms with Crippen molar-refractivity contribution in [3.05, 3.63) is 11.3 Å². The van der Waals surface area contributed by atoms with E-state index in [0.29, 0.717) is 44.3 Å². The van der Waals surface area contributed by atoms with E-state index in [0.717, 1.165) is 5.57 Å². The second-order valence-corrected chi connectivity index (χ2v) is 4.84. The molecule has 1 amide bonds. The van der Waals surface area contributed by atoms with E-state index < -0.39 is 11.9 Å². The van der Waals surface area contributed by atoms with Gasteiger partial charge in [0, 0.05) is 32.8 Å². The minimum atomic E-state index is -1.04. The molecule has 118 valence electrons.